The van der Waals surface area contributed by atoms with Gasteiger partial charge >= 0.3 is 0 Å². The van der Waals surface area contributed by atoms with E-state index in [0.29, 0.717) is 11.8 Å². The van der Waals surface area contributed by atoms with Crippen LogP contribution in [0.15, 0.2) is 22.0 Å². The second kappa shape index (κ2) is 3.99. The number of nitrogens with two attached hydrogens (primary N) is 1. The predicted molar refractivity (Wildman–Crippen MR) is 61.1 cm³/mol. The molecule has 0 aliphatic heterocycles. The highest BCUT2D eigenvalue weighted by atomic mass is 32.1. The zero-order chi connectivity index (χ0) is 11.0. The van der Waals surface area contributed by atoms with Gasteiger partial charge in [0.15, 0.2) is 5.82 Å². The standard InChI is InChI=1S/C11H13N3OS/c12-10(7-3-4-7)11-13-9(14-15-11)6-8-2-1-5-16-8/h1-2,5,7,10H,3-4,6,12H2. The Morgan fingerprint density at radius 1 is 1.56 bits per heavy atom. The third kappa shape index (κ3) is 2.01. The molecular formula is C11H13N3OS. The molecular weight excluding hydrogens is 222 g/mol. The summed E-state index contributed by atoms with van der Waals surface area (Å²) in [5.74, 6) is 1.87. The lowest BCUT2D eigenvalue weighted by Crippen LogP contribution is -2.12. The van der Waals surface area contributed by atoms with E-state index in [1.54, 1.807) is 11.3 Å². The van der Waals surface area contributed by atoms with Crippen LogP contribution in [0.4, 0.5) is 0 Å². The maximum absolute atomic E-state index is 5.99. The Labute approximate surface area is 97.5 Å². The maximum Gasteiger partial charge on any atom is 0.243 e. The van der Waals surface area contributed by atoms with Gasteiger partial charge in [-0.2, -0.15) is 4.98 Å². The van der Waals surface area contributed by atoms with Gasteiger partial charge in [-0.3, -0.25) is 0 Å². The summed E-state index contributed by atoms with van der Waals surface area (Å²) >= 11 is 1.70. The molecule has 0 spiro atoms. The van der Waals surface area contributed by atoms with Crippen LogP contribution in [-0.2, 0) is 6.42 Å². The number of aromatic nitrogens is 2. The van der Waals surface area contributed by atoms with E-state index in [4.69, 9.17) is 10.3 Å². The second-order valence-electron chi connectivity index (χ2n) is 4.17. The van der Waals surface area contributed by atoms with Crippen molar-refractivity contribution >= 4 is 11.3 Å². The Hall–Kier alpha value is -1.20. The van der Waals surface area contributed by atoms with E-state index in [2.05, 4.69) is 16.2 Å². The van der Waals surface area contributed by atoms with Gasteiger partial charge in [0.25, 0.3) is 0 Å². The van der Waals surface area contributed by atoms with Crippen molar-refractivity contribution in [1.29, 1.82) is 0 Å². The van der Waals surface area contributed by atoms with E-state index in [1.165, 1.54) is 17.7 Å². The molecule has 2 aromatic heterocycles. The van der Waals surface area contributed by atoms with E-state index in [0.717, 1.165) is 12.2 Å². The Morgan fingerprint density at radius 2 is 2.44 bits per heavy atom. The van der Waals surface area contributed by atoms with Crippen molar-refractivity contribution in [3.05, 3.63) is 34.1 Å². The zero-order valence-corrected chi connectivity index (χ0v) is 9.61. The molecule has 5 heteroatoms. The summed E-state index contributed by atoms with van der Waals surface area (Å²) in [4.78, 5) is 5.59. The molecule has 1 atom stereocenters. The summed E-state index contributed by atoms with van der Waals surface area (Å²) in [6.07, 6.45) is 3.10. The normalized spacial score (nSPS) is 17.6. The first kappa shape index (κ1) is 9.99. The maximum atomic E-state index is 5.99. The van der Waals surface area contributed by atoms with Crippen molar-refractivity contribution in [1.82, 2.24) is 10.1 Å². The van der Waals surface area contributed by atoms with E-state index in [9.17, 15) is 0 Å². The molecule has 2 aromatic rings. The van der Waals surface area contributed by atoms with Crippen LogP contribution in [0, 0.1) is 5.92 Å². The molecule has 1 saturated carbocycles. The average molecular weight is 235 g/mol. The predicted octanol–water partition coefficient (Wildman–Crippen LogP) is 2.13. The molecule has 3 rings (SSSR count). The van der Waals surface area contributed by atoms with Crippen LogP contribution >= 0.6 is 11.3 Å². The second-order valence-corrected chi connectivity index (χ2v) is 5.20. The first-order valence-corrected chi connectivity index (χ1v) is 6.31. The highest BCUT2D eigenvalue weighted by Crippen LogP contribution is 2.38. The van der Waals surface area contributed by atoms with Gasteiger partial charge in [-0.15, -0.1) is 11.3 Å². The lowest BCUT2D eigenvalue weighted by atomic mass is 10.2. The number of hydrogen-bond acceptors (Lipinski definition) is 5. The van der Waals surface area contributed by atoms with Crippen LogP contribution in [0.3, 0.4) is 0 Å². The highest BCUT2D eigenvalue weighted by Gasteiger charge is 2.33. The van der Waals surface area contributed by atoms with Crippen LogP contribution in [0.1, 0.15) is 35.5 Å². The smallest absolute Gasteiger partial charge is 0.243 e. The van der Waals surface area contributed by atoms with E-state index >= 15 is 0 Å². The van der Waals surface area contributed by atoms with Crippen molar-refractivity contribution in [3.8, 4) is 0 Å². The summed E-state index contributed by atoms with van der Waals surface area (Å²) in [7, 11) is 0. The molecule has 16 heavy (non-hydrogen) atoms. The quantitative estimate of drug-likeness (QED) is 0.881. The summed E-state index contributed by atoms with van der Waals surface area (Å²) in [5.41, 5.74) is 5.99. The lowest BCUT2D eigenvalue weighted by molar-refractivity contribution is 0.340. The van der Waals surface area contributed by atoms with Crippen molar-refractivity contribution < 1.29 is 4.52 Å². The first-order valence-electron chi connectivity index (χ1n) is 5.43. The van der Waals surface area contributed by atoms with Crippen molar-refractivity contribution in [2.45, 2.75) is 25.3 Å². The minimum atomic E-state index is -0.0652. The summed E-state index contributed by atoms with van der Waals surface area (Å²) in [6.45, 7) is 0. The third-order valence-electron chi connectivity index (χ3n) is 2.81. The molecule has 1 aliphatic rings. The van der Waals surface area contributed by atoms with Gasteiger partial charge in [0.05, 0.1) is 6.04 Å². The third-order valence-corrected chi connectivity index (χ3v) is 3.69. The van der Waals surface area contributed by atoms with E-state index in [-0.39, 0.29) is 6.04 Å². The van der Waals surface area contributed by atoms with Gasteiger partial charge < -0.3 is 10.3 Å². The van der Waals surface area contributed by atoms with E-state index in [1.807, 2.05) is 11.4 Å². The molecule has 0 radical (unpaired) electrons. The van der Waals surface area contributed by atoms with Gasteiger partial charge in [-0.05, 0) is 30.2 Å². The number of hydrogen-bond donors (Lipinski definition) is 1. The summed E-state index contributed by atoms with van der Waals surface area (Å²) < 4.78 is 5.20. The van der Waals surface area contributed by atoms with Crippen LogP contribution in [0.25, 0.3) is 0 Å². The number of rotatable bonds is 4. The van der Waals surface area contributed by atoms with Gasteiger partial charge in [0.1, 0.15) is 0 Å². The van der Waals surface area contributed by atoms with Crippen LogP contribution < -0.4 is 5.73 Å². The van der Waals surface area contributed by atoms with Gasteiger partial charge in [-0.1, -0.05) is 11.2 Å². The molecule has 4 nitrogen and oxygen atoms in total. The van der Waals surface area contributed by atoms with Crippen molar-refractivity contribution in [3.63, 3.8) is 0 Å². The minimum absolute atomic E-state index is 0.0652. The van der Waals surface area contributed by atoms with Crippen molar-refractivity contribution in [2.75, 3.05) is 0 Å². The first-order chi connectivity index (χ1) is 7.83. The molecule has 0 saturated heterocycles. The van der Waals surface area contributed by atoms with Gasteiger partial charge in [0, 0.05) is 11.3 Å². The molecule has 2 heterocycles. The minimum Gasteiger partial charge on any atom is -0.338 e. The Kier molecular flexibility index (Phi) is 2.49. The molecule has 0 amide bonds. The molecule has 1 aliphatic carbocycles. The largest absolute Gasteiger partial charge is 0.338 e. The van der Waals surface area contributed by atoms with Gasteiger partial charge in [0.2, 0.25) is 5.89 Å². The van der Waals surface area contributed by atoms with Crippen LogP contribution in [-0.4, -0.2) is 10.1 Å². The van der Waals surface area contributed by atoms with Crippen LogP contribution in [0.2, 0.25) is 0 Å². The van der Waals surface area contributed by atoms with E-state index < -0.39 is 0 Å². The molecule has 2 N–H and O–H groups in total. The Bertz CT molecular complexity index is 461. The monoisotopic (exact) mass is 235 g/mol. The molecule has 1 fully saturated rings. The fourth-order valence-electron chi connectivity index (χ4n) is 1.70. The molecule has 0 aromatic carbocycles. The molecule has 0 bridgehead atoms. The fraction of sp³-hybridized carbons (Fsp3) is 0.455. The Balaban J connectivity index is 1.72. The van der Waals surface area contributed by atoms with Gasteiger partial charge in [-0.25, -0.2) is 0 Å². The Morgan fingerprint density at radius 3 is 3.12 bits per heavy atom. The number of nitrogens with zero attached hydrogens (tertiary/aromatic N) is 2. The highest BCUT2D eigenvalue weighted by molar-refractivity contribution is 7.09. The molecule has 84 valence electrons. The summed E-state index contributed by atoms with van der Waals surface area (Å²) in [6, 6.07) is 4.03. The van der Waals surface area contributed by atoms with Crippen LogP contribution in [0.5, 0.6) is 0 Å². The molecule has 1 unspecified atom stereocenters. The summed E-state index contributed by atoms with van der Waals surface area (Å²) in [5, 5.41) is 6.01. The topological polar surface area (TPSA) is 64.9 Å². The number of thiophene rings is 1. The fourth-order valence-corrected chi connectivity index (χ4v) is 2.40. The SMILES string of the molecule is NC(c1nc(Cc2cccs2)no1)C1CC1. The average Bonchev–Trinajstić information content (AvgIpc) is 2.82. The van der Waals surface area contributed by atoms with Crippen molar-refractivity contribution in [2.24, 2.45) is 11.7 Å². The lowest BCUT2D eigenvalue weighted by Gasteiger charge is -2.01. The zero-order valence-electron chi connectivity index (χ0n) is 8.80.